The number of carboxylic acids is 1. The third-order valence-electron chi connectivity index (χ3n) is 5.79. The highest BCUT2D eigenvalue weighted by atomic mass is 19.4. The van der Waals surface area contributed by atoms with Crippen LogP contribution in [0.3, 0.4) is 0 Å². The van der Waals surface area contributed by atoms with E-state index in [-0.39, 0.29) is 23.2 Å². The number of likely N-dealkylation sites (tertiary alicyclic amines) is 1. The number of fused-ring (bicyclic) bond motifs is 1. The second kappa shape index (κ2) is 10.8. The maximum Gasteiger partial charge on any atom is 0.490 e. The average Bonchev–Trinajstić information content (AvgIpc) is 3.44. The number of piperidine rings is 1. The summed E-state index contributed by atoms with van der Waals surface area (Å²) in [4.78, 5) is 27.6. The van der Waals surface area contributed by atoms with E-state index in [1.807, 2.05) is 12.3 Å². The molecule has 2 aliphatic heterocycles. The highest BCUT2D eigenvalue weighted by Crippen LogP contribution is 2.43. The highest BCUT2D eigenvalue weighted by molar-refractivity contribution is 5.91. The fourth-order valence-corrected chi connectivity index (χ4v) is 4.23. The summed E-state index contributed by atoms with van der Waals surface area (Å²) in [5.41, 5.74) is 1.34. The molecule has 4 rings (SSSR count). The van der Waals surface area contributed by atoms with Gasteiger partial charge in [0.25, 0.3) is 5.91 Å². The SMILES string of the molecule is O=C(NCC[C@@]12CCO[C@@H]1CCN(Cc1cccnc1)C2)c1ccno1.O=C(O)C(F)(F)F. The molecule has 2 aromatic rings. The molecule has 9 nitrogen and oxygen atoms in total. The van der Waals surface area contributed by atoms with Crippen LogP contribution in [0.2, 0.25) is 0 Å². The molecule has 1 amide bonds. The van der Waals surface area contributed by atoms with Gasteiger partial charge in [0.15, 0.2) is 0 Å². The first kappa shape index (κ1) is 24.6. The first-order chi connectivity index (χ1) is 15.7. The van der Waals surface area contributed by atoms with E-state index in [2.05, 4.69) is 26.4 Å². The topological polar surface area (TPSA) is 118 Å². The molecular weight excluding hydrogens is 445 g/mol. The Morgan fingerprint density at radius 3 is 2.73 bits per heavy atom. The summed E-state index contributed by atoms with van der Waals surface area (Å²) in [6, 6.07) is 5.68. The highest BCUT2D eigenvalue weighted by Gasteiger charge is 2.47. The van der Waals surface area contributed by atoms with Crippen LogP contribution in [-0.4, -0.2) is 70.5 Å². The van der Waals surface area contributed by atoms with Gasteiger partial charge in [0.2, 0.25) is 5.76 Å². The number of carboxylic acid groups (broad SMARTS) is 1. The van der Waals surface area contributed by atoms with Crippen LogP contribution in [0.1, 0.15) is 35.4 Å². The third kappa shape index (κ3) is 6.75. The van der Waals surface area contributed by atoms with E-state index < -0.39 is 12.1 Å². The Bertz CT molecular complexity index is 910. The Morgan fingerprint density at radius 1 is 1.30 bits per heavy atom. The fourth-order valence-electron chi connectivity index (χ4n) is 4.23. The zero-order valence-electron chi connectivity index (χ0n) is 17.8. The number of nitrogens with zero attached hydrogens (tertiary/aromatic N) is 3. The number of nitrogens with one attached hydrogen (secondary N) is 1. The van der Waals surface area contributed by atoms with E-state index in [1.165, 1.54) is 11.8 Å². The van der Waals surface area contributed by atoms with Crippen molar-refractivity contribution in [2.24, 2.45) is 5.41 Å². The van der Waals surface area contributed by atoms with Crippen molar-refractivity contribution < 1.29 is 37.1 Å². The lowest BCUT2D eigenvalue weighted by Gasteiger charge is -2.44. The summed E-state index contributed by atoms with van der Waals surface area (Å²) in [5, 5.41) is 13.6. The number of rotatable bonds is 6. The monoisotopic (exact) mass is 470 g/mol. The first-order valence-electron chi connectivity index (χ1n) is 10.4. The van der Waals surface area contributed by atoms with Crippen molar-refractivity contribution in [3.05, 3.63) is 48.1 Å². The van der Waals surface area contributed by atoms with Crippen LogP contribution < -0.4 is 5.32 Å². The number of aromatic nitrogens is 2. The van der Waals surface area contributed by atoms with E-state index in [0.29, 0.717) is 6.54 Å². The maximum absolute atomic E-state index is 12.0. The number of halogens is 3. The average molecular weight is 470 g/mol. The van der Waals surface area contributed by atoms with E-state index in [0.717, 1.165) is 45.5 Å². The third-order valence-corrected chi connectivity index (χ3v) is 5.79. The molecule has 0 aliphatic carbocycles. The van der Waals surface area contributed by atoms with Gasteiger partial charge in [-0.2, -0.15) is 13.2 Å². The Hall–Kier alpha value is -2.99. The van der Waals surface area contributed by atoms with Crippen molar-refractivity contribution in [1.29, 1.82) is 0 Å². The van der Waals surface area contributed by atoms with Gasteiger partial charge in [-0.05, 0) is 30.9 Å². The van der Waals surface area contributed by atoms with Crippen molar-refractivity contribution in [1.82, 2.24) is 20.4 Å². The normalized spacial score (nSPS) is 22.7. The number of alkyl halides is 3. The van der Waals surface area contributed by atoms with Crippen molar-refractivity contribution in [2.75, 3.05) is 26.2 Å². The quantitative estimate of drug-likeness (QED) is 0.661. The second-order valence-electron chi connectivity index (χ2n) is 8.02. The Balaban J connectivity index is 0.000000383. The number of carbonyl (C=O) groups is 2. The Kier molecular flexibility index (Phi) is 8.03. The van der Waals surface area contributed by atoms with Crippen LogP contribution in [0, 0.1) is 5.41 Å². The number of aliphatic carboxylic acids is 1. The Morgan fingerprint density at radius 2 is 2.09 bits per heavy atom. The molecule has 0 radical (unpaired) electrons. The van der Waals surface area contributed by atoms with E-state index in [9.17, 15) is 18.0 Å². The van der Waals surface area contributed by atoms with Gasteiger partial charge in [-0.25, -0.2) is 4.79 Å². The summed E-state index contributed by atoms with van der Waals surface area (Å²) >= 11 is 0. The molecule has 0 unspecified atom stereocenters. The second-order valence-corrected chi connectivity index (χ2v) is 8.02. The van der Waals surface area contributed by atoms with Gasteiger partial charge >= 0.3 is 12.1 Å². The molecule has 2 N–H and O–H groups in total. The molecule has 2 aromatic heterocycles. The molecule has 4 heterocycles. The van der Waals surface area contributed by atoms with E-state index in [1.54, 1.807) is 12.3 Å². The van der Waals surface area contributed by atoms with Gasteiger partial charge in [-0.1, -0.05) is 11.2 Å². The minimum absolute atomic E-state index is 0.106. The lowest BCUT2D eigenvalue weighted by molar-refractivity contribution is -0.192. The largest absolute Gasteiger partial charge is 0.490 e. The molecule has 2 atom stereocenters. The molecule has 180 valence electrons. The van der Waals surface area contributed by atoms with Crippen LogP contribution in [0.4, 0.5) is 13.2 Å². The van der Waals surface area contributed by atoms with Gasteiger partial charge in [-0.15, -0.1) is 0 Å². The molecule has 2 saturated heterocycles. The molecule has 0 spiro atoms. The smallest absolute Gasteiger partial charge is 0.475 e. The fraction of sp³-hybridized carbons (Fsp3) is 0.524. The van der Waals surface area contributed by atoms with Crippen LogP contribution in [0.15, 0.2) is 41.3 Å². The summed E-state index contributed by atoms with van der Waals surface area (Å²) in [5.74, 6) is -2.71. The summed E-state index contributed by atoms with van der Waals surface area (Å²) < 4.78 is 42.6. The van der Waals surface area contributed by atoms with Gasteiger partial charge in [0.05, 0.1) is 12.3 Å². The summed E-state index contributed by atoms with van der Waals surface area (Å²) in [6.45, 7) is 4.35. The van der Waals surface area contributed by atoms with Crippen LogP contribution in [0.25, 0.3) is 0 Å². The number of amides is 1. The zero-order chi connectivity index (χ0) is 23.9. The van der Waals surface area contributed by atoms with Crippen LogP contribution in [0.5, 0.6) is 0 Å². The van der Waals surface area contributed by atoms with Crippen molar-refractivity contribution >= 4 is 11.9 Å². The minimum atomic E-state index is -5.08. The Labute approximate surface area is 187 Å². The standard InChI is InChI=1S/C19H24N4O3.C2HF3O2/c24-18(16-3-8-22-26-16)21-9-5-19-6-11-25-17(19)4-10-23(14-19)13-15-2-1-7-20-12-15;3-2(4,5)1(6)7/h1-3,7-8,12,17H,4-6,9-11,13-14H2,(H,21,24);(H,6,7)/t17-,19+;/m1./s1. The molecule has 0 aromatic carbocycles. The van der Waals surface area contributed by atoms with Gasteiger partial charge in [-0.3, -0.25) is 14.7 Å². The number of ether oxygens (including phenoxy) is 1. The maximum atomic E-state index is 12.0. The number of carbonyl (C=O) groups excluding carboxylic acids is 1. The number of pyridine rings is 1. The lowest BCUT2D eigenvalue weighted by Crippen LogP contribution is -2.50. The summed E-state index contributed by atoms with van der Waals surface area (Å²) in [6.07, 6.45) is 3.40. The molecule has 0 saturated carbocycles. The lowest BCUT2D eigenvalue weighted by atomic mass is 9.74. The van der Waals surface area contributed by atoms with Gasteiger partial charge in [0.1, 0.15) is 0 Å². The van der Waals surface area contributed by atoms with Gasteiger partial charge in [0, 0.05) is 56.7 Å². The molecule has 0 bridgehead atoms. The zero-order valence-corrected chi connectivity index (χ0v) is 17.8. The van der Waals surface area contributed by atoms with Crippen molar-refractivity contribution in [2.45, 2.75) is 38.1 Å². The predicted molar refractivity (Wildman–Crippen MR) is 108 cm³/mol. The molecule has 2 aliphatic rings. The molecule has 12 heteroatoms. The minimum Gasteiger partial charge on any atom is -0.475 e. The molecular formula is C21H25F3N4O5. The van der Waals surface area contributed by atoms with E-state index in [4.69, 9.17) is 19.2 Å². The van der Waals surface area contributed by atoms with Crippen LogP contribution in [-0.2, 0) is 16.1 Å². The predicted octanol–water partition coefficient (Wildman–Crippen LogP) is 2.50. The van der Waals surface area contributed by atoms with Crippen LogP contribution >= 0.6 is 0 Å². The van der Waals surface area contributed by atoms with Gasteiger partial charge < -0.3 is 19.7 Å². The van der Waals surface area contributed by atoms with Crippen molar-refractivity contribution in [3.63, 3.8) is 0 Å². The number of hydrogen-bond acceptors (Lipinski definition) is 7. The molecule has 2 fully saturated rings. The number of hydrogen-bond donors (Lipinski definition) is 2. The van der Waals surface area contributed by atoms with Crippen molar-refractivity contribution in [3.8, 4) is 0 Å². The van der Waals surface area contributed by atoms with E-state index >= 15 is 0 Å². The summed E-state index contributed by atoms with van der Waals surface area (Å²) in [7, 11) is 0. The molecule has 33 heavy (non-hydrogen) atoms. The first-order valence-corrected chi connectivity index (χ1v) is 10.4.